The molecular weight excluding hydrogens is 346 g/mol. The van der Waals surface area contributed by atoms with Crippen molar-refractivity contribution in [1.82, 2.24) is 5.06 Å². The number of aliphatic imine (C=N–C) groups is 1. The Morgan fingerprint density at radius 2 is 2.23 bits per heavy atom. The maximum Gasteiger partial charge on any atom is 0.152 e. The highest BCUT2D eigenvalue weighted by Crippen LogP contribution is 2.30. The topological polar surface area (TPSA) is 71.1 Å². The van der Waals surface area contributed by atoms with Gasteiger partial charge in [0.1, 0.15) is 5.84 Å². The molecule has 1 aromatic carbocycles. The number of hydroxylamine groups is 2. The molecule has 1 heterocycles. The van der Waals surface area contributed by atoms with Gasteiger partial charge in [0.2, 0.25) is 0 Å². The van der Waals surface area contributed by atoms with E-state index in [1.165, 1.54) is 0 Å². The lowest BCUT2D eigenvalue weighted by Gasteiger charge is -2.27. The Balaban J connectivity index is 2.34. The molecule has 1 unspecified atom stereocenters. The summed E-state index contributed by atoms with van der Waals surface area (Å²) in [6.07, 6.45) is 2.42. The van der Waals surface area contributed by atoms with Crippen LogP contribution in [-0.2, 0) is 4.84 Å². The normalized spacial score (nSPS) is 15.9. The average Bonchev–Trinajstić information content (AvgIpc) is 2.64. The molecule has 0 radical (unpaired) electrons. The number of rotatable bonds is 6. The summed E-state index contributed by atoms with van der Waals surface area (Å²) in [7, 11) is 0. The van der Waals surface area contributed by atoms with E-state index in [2.05, 4.69) is 20.9 Å². The molecule has 3 N–H and O–H groups in total. The standard InChI is InChI=1S/C16H22BrN3O2/c1-3-7-20(22-4-2)16(21)12-8-11-5-6-13(17)10-14(11)19-15(18)9-12/h5-6,8,10,16,21H,3-4,7,9H2,1-2H3,(H2,18,19). The highest BCUT2D eigenvalue weighted by atomic mass is 79.9. The third-order valence-corrected chi connectivity index (χ3v) is 3.82. The van der Waals surface area contributed by atoms with E-state index < -0.39 is 6.23 Å². The molecule has 0 amide bonds. The number of amidine groups is 1. The predicted molar refractivity (Wildman–Crippen MR) is 92.6 cm³/mol. The van der Waals surface area contributed by atoms with Crippen LogP contribution < -0.4 is 5.73 Å². The second kappa shape index (κ2) is 7.87. The van der Waals surface area contributed by atoms with E-state index in [-0.39, 0.29) is 0 Å². The molecule has 5 nitrogen and oxygen atoms in total. The van der Waals surface area contributed by atoms with Gasteiger partial charge in [-0.2, -0.15) is 5.06 Å². The van der Waals surface area contributed by atoms with Crippen molar-refractivity contribution in [3.8, 4) is 0 Å². The van der Waals surface area contributed by atoms with E-state index in [0.717, 1.165) is 27.7 Å². The molecule has 22 heavy (non-hydrogen) atoms. The zero-order chi connectivity index (χ0) is 16.1. The van der Waals surface area contributed by atoms with Gasteiger partial charge in [0.25, 0.3) is 0 Å². The van der Waals surface area contributed by atoms with Gasteiger partial charge in [-0.25, -0.2) is 4.99 Å². The fraction of sp³-hybridized carbons (Fsp3) is 0.438. The van der Waals surface area contributed by atoms with Crippen molar-refractivity contribution in [2.24, 2.45) is 10.7 Å². The molecule has 1 atom stereocenters. The third-order valence-electron chi connectivity index (χ3n) is 3.33. The quantitative estimate of drug-likeness (QED) is 0.598. The van der Waals surface area contributed by atoms with Crippen LogP contribution in [-0.4, -0.2) is 35.4 Å². The molecule has 0 spiro atoms. The van der Waals surface area contributed by atoms with Crippen LogP contribution in [0.5, 0.6) is 0 Å². The van der Waals surface area contributed by atoms with Gasteiger partial charge in [0.05, 0.1) is 12.3 Å². The minimum Gasteiger partial charge on any atom is -0.387 e. The molecule has 0 aliphatic carbocycles. The number of nitrogens with zero attached hydrogens (tertiary/aromatic N) is 2. The second-order valence-electron chi connectivity index (χ2n) is 5.13. The Morgan fingerprint density at radius 1 is 1.45 bits per heavy atom. The summed E-state index contributed by atoms with van der Waals surface area (Å²) in [4.78, 5) is 9.96. The molecule has 1 aliphatic heterocycles. The van der Waals surface area contributed by atoms with Crippen molar-refractivity contribution in [2.75, 3.05) is 13.2 Å². The van der Waals surface area contributed by atoms with Gasteiger partial charge >= 0.3 is 0 Å². The first-order valence-electron chi connectivity index (χ1n) is 7.45. The fourth-order valence-corrected chi connectivity index (χ4v) is 2.73. The van der Waals surface area contributed by atoms with Crippen LogP contribution in [0.4, 0.5) is 5.69 Å². The summed E-state index contributed by atoms with van der Waals surface area (Å²) >= 11 is 3.44. The van der Waals surface area contributed by atoms with Crippen LogP contribution in [0.1, 0.15) is 32.3 Å². The maximum absolute atomic E-state index is 10.6. The summed E-state index contributed by atoms with van der Waals surface area (Å²) in [6, 6.07) is 5.82. The van der Waals surface area contributed by atoms with Crippen molar-refractivity contribution in [2.45, 2.75) is 32.9 Å². The highest BCUT2D eigenvalue weighted by Gasteiger charge is 2.22. The molecule has 0 bridgehead atoms. The number of aliphatic hydroxyl groups excluding tert-OH is 1. The molecule has 0 saturated carbocycles. The fourth-order valence-electron chi connectivity index (χ4n) is 2.38. The van der Waals surface area contributed by atoms with Gasteiger partial charge in [-0.3, -0.25) is 4.84 Å². The Labute approximate surface area is 139 Å². The van der Waals surface area contributed by atoms with Crippen LogP contribution >= 0.6 is 15.9 Å². The van der Waals surface area contributed by atoms with Gasteiger partial charge in [-0.05, 0) is 37.1 Å². The SMILES string of the molecule is CCCN(OCC)C(O)C1=Cc2ccc(Br)cc2N=C(N)C1. The zero-order valence-corrected chi connectivity index (χ0v) is 14.5. The zero-order valence-electron chi connectivity index (χ0n) is 12.9. The summed E-state index contributed by atoms with van der Waals surface area (Å²) in [5.41, 5.74) is 8.52. The maximum atomic E-state index is 10.6. The molecule has 120 valence electrons. The number of fused-ring (bicyclic) bond motifs is 1. The van der Waals surface area contributed by atoms with E-state index in [9.17, 15) is 5.11 Å². The summed E-state index contributed by atoms with van der Waals surface area (Å²) in [6.45, 7) is 5.11. The van der Waals surface area contributed by atoms with Gasteiger partial charge in [-0.15, -0.1) is 0 Å². The van der Waals surface area contributed by atoms with Gasteiger partial charge in [0.15, 0.2) is 6.23 Å². The van der Waals surface area contributed by atoms with Gasteiger partial charge in [-0.1, -0.05) is 28.9 Å². The van der Waals surface area contributed by atoms with Crippen LogP contribution in [0, 0.1) is 0 Å². The Kier molecular flexibility index (Phi) is 6.14. The van der Waals surface area contributed by atoms with Crippen molar-refractivity contribution >= 4 is 33.5 Å². The van der Waals surface area contributed by atoms with Gasteiger partial charge < -0.3 is 10.8 Å². The largest absolute Gasteiger partial charge is 0.387 e. The van der Waals surface area contributed by atoms with E-state index >= 15 is 0 Å². The number of aliphatic hydroxyl groups is 1. The Morgan fingerprint density at radius 3 is 2.91 bits per heavy atom. The number of halogens is 1. The summed E-state index contributed by atoms with van der Waals surface area (Å²) in [5.74, 6) is 0.482. The van der Waals surface area contributed by atoms with E-state index in [1.54, 1.807) is 5.06 Å². The predicted octanol–water partition coefficient (Wildman–Crippen LogP) is 3.21. The lowest BCUT2D eigenvalue weighted by atomic mass is 10.1. The molecule has 0 aromatic heterocycles. The smallest absolute Gasteiger partial charge is 0.152 e. The first-order valence-corrected chi connectivity index (χ1v) is 8.25. The summed E-state index contributed by atoms with van der Waals surface area (Å²) in [5, 5.41) is 12.2. The Bertz CT molecular complexity index is 581. The molecular formula is C16H22BrN3O2. The third kappa shape index (κ3) is 4.16. The molecule has 6 heteroatoms. The van der Waals surface area contributed by atoms with Crippen LogP contribution in [0.2, 0.25) is 0 Å². The molecule has 0 saturated heterocycles. The molecule has 0 fully saturated rings. The molecule has 2 rings (SSSR count). The second-order valence-corrected chi connectivity index (χ2v) is 6.05. The van der Waals surface area contributed by atoms with Crippen molar-refractivity contribution in [3.05, 3.63) is 33.8 Å². The minimum atomic E-state index is -0.830. The number of hydrogen-bond donors (Lipinski definition) is 2. The highest BCUT2D eigenvalue weighted by molar-refractivity contribution is 9.10. The minimum absolute atomic E-state index is 0.417. The van der Waals surface area contributed by atoms with Crippen LogP contribution in [0.25, 0.3) is 6.08 Å². The lowest BCUT2D eigenvalue weighted by Crippen LogP contribution is -2.38. The lowest BCUT2D eigenvalue weighted by molar-refractivity contribution is -0.223. The Hall–Kier alpha value is -1.21. The summed E-state index contributed by atoms with van der Waals surface area (Å²) < 4.78 is 0.946. The monoisotopic (exact) mass is 367 g/mol. The first-order chi connectivity index (χ1) is 10.5. The van der Waals surface area contributed by atoms with Gasteiger partial charge in [0, 0.05) is 23.0 Å². The molecule has 1 aliphatic rings. The van der Waals surface area contributed by atoms with Crippen molar-refractivity contribution in [1.29, 1.82) is 0 Å². The van der Waals surface area contributed by atoms with Crippen molar-refractivity contribution < 1.29 is 9.94 Å². The van der Waals surface area contributed by atoms with Crippen LogP contribution in [0.3, 0.4) is 0 Å². The van der Waals surface area contributed by atoms with Crippen molar-refractivity contribution in [3.63, 3.8) is 0 Å². The molecule has 1 aromatic rings. The van der Waals surface area contributed by atoms with E-state index in [0.29, 0.717) is 25.4 Å². The van der Waals surface area contributed by atoms with E-state index in [4.69, 9.17) is 10.6 Å². The average molecular weight is 368 g/mol. The number of hydrogen-bond acceptors (Lipinski definition) is 5. The number of nitrogens with two attached hydrogens (primary N) is 1. The van der Waals surface area contributed by atoms with E-state index in [1.807, 2.05) is 38.1 Å². The van der Waals surface area contributed by atoms with Crippen LogP contribution in [0.15, 0.2) is 33.2 Å². The number of benzene rings is 1. The first kappa shape index (κ1) is 17.1.